The summed E-state index contributed by atoms with van der Waals surface area (Å²) in [6.07, 6.45) is -0.248. The predicted molar refractivity (Wildman–Crippen MR) is 128 cm³/mol. The van der Waals surface area contributed by atoms with Gasteiger partial charge in [0.1, 0.15) is 12.5 Å². The van der Waals surface area contributed by atoms with Gasteiger partial charge in [-0.05, 0) is 31.0 Å². The zero-order valence-corrected chi connectivity index (χ0v) is 20.2. The van der Waals surface area contributed by atoms with Gasteiger partial charge >= 0.3 is 6.09 Å². The molecular weight excluding hydrogens is 449 g/mol. The fraction of sp³-hybridized carbons (Fsp3) is 0.522. The Bertz CT molecular complexity index is 991. The number of aryl methyl sites for hydroxylation is 2. The van der Waals surface area contributed by atoms with Crippen LogP contribution in [0.25, 0.3) is 11.3 Å². The van der Waals surface area contributed by atoms with E-state index >= 15 is 0 Å². The van der Waals surface area contributed by atoms with E-state index in [1.54, 1.807) is 0 Å². The molecule has 0 bridgehead atoms. The van der Waals surface area contributed by atoms with E-state index in [4.69, 9.17) is 26.3 Å². The average molecular weight is 480 g/mol. The number of aromatic nitrogens is 2. The van der Waals surface area contributed by atoms with Gasteiger partial charge in [-0.1, -0.05) is 25.4 Å². The third-order valence-corrected chi connectivity index (χ3v) is 6.01. The zero-order chi connectivity index (χ0) is 24.1. The van der Waals surface area contributed by atoms with Gasteiger partial charge in [0.25, 0.3) is 0 Å². The number of alkyl halides is 1. The number of nitrogens with zero attached hydrogens (tertiary/aromatic N) is 4. The van der Waals surface area contributed by atoms with Crippen LogP contribution in [0.4, 0.5) is 20.7 Å². The van der Waals surface area contributed by atoms with Crippen molar-refractivity contribution >= 4 is 29.2 Å². The molecule has 0 saturated carbocycles. The number of halogens is 2. The summed E-state index contributed by atoms with van der Waals surface area (Å²) in [4.78, 5) is 24.5. The van der Waals surface area contributed by atoms with Crippen molar-refractivity contribution in [2.75, 3.05) is 50.7 Å². The maximum Gasteiger partial charge on any atom is 0.407 e. The molecule has 8 nitrogen and oxygen atoms in total. The molecule has 0 unspecified atom stereocenters. The number of amides is 1. The van der Waals surface area contributed by atoms with Crippen LogP contribution in [0.5, 0.6) is 0 Å². The van der Waals surface area contributed by atoms with Gasteiger partial charge < -0.3 is 25.0 Å². The minimum absolute atomic E-state index is 0.0801. The quantitative estimate of drug-likeness (QED) is 0.559. The molecule has 33 heavy (non-hydrogen) atoms. The molecule has 1 amide bonds. The van der Waals surface area contributed by atoms with Crippen LogP contribution in [0.1, 0.15) is 25.2 Å². The Morgan fingerprint density at radius 1 is 1.27 bits per heavy atom. The molecule has 2 atom stereocenters. The lowest BCUT2D eigenvalue weighted by atomic mass is 10.1. The van der Waals surface area contributed by atoms with Gasteiger partial charge in [-0.15, -0.1) is 0 Å². The third-order valence-electron chi connectivity index (χ3n) is 5.70. The summed E-state index contributed by atoms with van der Waals surface area (Å²) in [7, 11) is 3.91. The molecule has 1 aromatic carbocycles. The Balaban J connectivity index is 1.95. The number of hydrogen-bond donors (Lipinski definition) is 2. The highest BCUT2D eigenvalue weighted by atomic mass is 35.5. The van der Waals surface area contributed by atoms with E-state index in [-0.39, 0.29) is 25.7 Å². The van der Waals surface area contributed by atoms with Crippen molar-refractivity contribution in [3.05, 3.63) is 34.6 Å². The number of benzene rings is 1. The summed E-state index contributed by atoms with van der Waals surface area (Å²) in [5, 5.41) is 13.3. The Hall–Kier alpha value is -2.65. The Labute approximate surface area is 198 Å². The zero-order valence-electron chi connectivity index (χ0n) is 19.4. The van der Waals surface area contributed by atoms with Gasteiger partial charge in [-0.25, -0.2) is 19.2 Å². The van der Waals surface area contributed by atoms with Gasteiger partial charge in [0.15, 0.2) is 0 Å². The van der Waals surface area contributed by atoms with Gasteiger partial charge in [-0.2, -0.15) is 0 Å². The van der Waals surface area contributed by atoms with Crippen molar-refractivity contribution in [3.63, 3.8) is 0 Å². The van der Waals surface area contributed by atoms with E-state index in [0.717, 1.165) is 28.3 Å². The fourth-order valence-corrected chi connectivity index (χ4v) is 4.18. The van der Waals surface area contributed by atoms with Crippen molar-refractivity contribution in [3.8, 4) is 11.3 Å². The summed E-state index contributed by atoms with van der Waals surface area (Å²) >= 11 is 6.60. The average Bonchev–Trinajstić information content (AvgIpc) is 3.20. The predicted octanol–water partition coefficient (Wildman–Crippen LogP) is 4.12. The summed E-state index contributed by atoms with van der Waals surface area (Å²) in [5.41, 5.74) is 4.07. The van der Waals surface area contributed by atoms with Crippen molar-refractivity contribution < 1.29 is 19.0 Å². The number of carbonyl (C=O) groups is 1. The van der Waals surface area contributed by atoms with Crippen LogP contribution < -0.4 is 10.2 Å². The van der Waals surface area contributed by atoms with Crippen molar-refractivity contribution in [2.24, 2.45) is 0 Å². The van der Waals surface area contributed by atoms with E-state index in [0.29, 0.717) is 23.7 Å². The van der Waals surface area contributed by atoms with E-state index in [1.807, 2.05) is 51.0 Å². The first-order valence-electron chi connectivity index (χ1n) is 11.1. The smallest absolute Gasteiger partial charge is 0.407 e. The first-order chi connectivity index (χ1) is 15.8. The van der Waals surface area contributed by atoms with Gasteiger partial charge in [0.2, 0.25) is 0 Å². The number of anilines is 2. The molecule has 0 radical (unpaired) electrons. The van der Waals surface area contributed by atoms with Crippen LogP contribution in [0, 0.1) is 0 Å². The van der Waals surface area contributed by atoms with Crippen LogP contribution in [0.15, 0.2) is 18.2 Å². The third kappa shape index (κ3) is 5.65. The summed E-state index contributed by atoms with van der Waals surface area (Å²) in [6.45, 7) is 3.67. The second kappa shape index (κ2) is 11.0. The largest absolute Gasteiger partial charge is 0.465 e. The van der Waals surface area contributed by atoms with Crippen LogP contribution in [-0.2, 0) is 17.6 Å². The van der Waals surface area contributed by atoms with Crippen molar-refractivity contribution in [1.29, 1.82) is 0 Å². The van der Waals surface area contributed by atoms with Crippen LogP contribution in [-0.4, -0.2) is 78.7 Å². The van der Waals surface area contributed by atoms with Gasteiger partial charge in [0, 0.05) is 31.9 Å². The second-order valence-corrected chi connectivity index (χ2v) is 8.52. The number of rotatable bonds is 9. The molecule has 10 heteroatoms. The minimum Gasteiger partial charge on any atom is -0.465 e. The topological polar surface area (TPSA) is 90.8 Å². The van der Waals surface area contributed by atoms with Gasteiger partial charge in [0.05, 0.1) is 47.4 Å². The van der Waals surface area contributed by atoms with Crippen LogP contribution >= 0.6 is 11.6 Å². The molecule has 2 heterocycles. The monoisotopic (exact) mass is 479 g/mol. The van der Waals surface area contributed by atoms with E-state index in [9.17, 15) is 14.3 Å². The molecule has 0 aliphatic carbocycles. The van der Waals surface area contributed by atoms with E-state index in [1.165, 1.54) is 4.90 Å². The Kier molecular flexibility index (Phi) is 8.31. The lowest BCUT2D eigenvalue weighted by molar-refractivity contribution is 0.0452. The highest BCUT2D eigenvalue weighted by Crippen LogP contribution is 2.33. The fourth-order valence-electron chi connectivity index (χ4n) is 3.91. The Morgan fingerprint density at radius 3 is 2.58 bits per heavy atom. The lowest BCUT2D eigenvalue weighted by Crippen LogP contribution is -2.35. The highest BCUT2D eigenvalue weighted by molar-refractivity contribution is 6.33. The molecule has 2 N–H and O–H groups in total. The standard InChI is InChI=1S/C23H31ClFN5O3/c1-5-17-21(15-8-7-14(29(3)4)11-16(15)24)26-18(6-2)22(27-17)28-19-12-30(23(31)32)13-20(19)33-10-9-25/h7-8,11,19-20H,5-6,9-10,12-13H2,1-4H3,(H,27,28)(H,31,32)/t19-,20+/m1/s1. The molecule has 1 aromatic heterocycles. The van der Waals surface area contributed by atoms with Crippen molar-refractivity contribution in [2.45, 2.75) is 38.8 Å². The van der Waals surface area contributed by atoms with Crippen LogP contribution in [0.2, 0.25) is 5.02 Å². The molecule has 3 rings (SSSR count). The van der Waals surface area contributed by atoms with Crippen molar-refractivity contribution in [1.82, 2.24) is 14.9 Å². The minimum atomic E-state index is -1.03. The maximum atomic E-state index is 12.7. The number of carboxylic acid groups (broad SMARTS) is 1. The maximum absolute atomic E-state index is 12.7. The van der Waals surface area contributed by atoms with E-state index in [2.05, 4.69) is 5.32 Å². The molecule has 180 valence electrons. The number of ether oxygens (including phenoxy) is 1. The molecule has 1 saturated heterocycles. The van der Waals surface area contributed by atoms with E-state index < -0.39 is 18.9 Å². The first-order valence-corrected chi connectivity index (χ1v) is 11.5. The normalized spacial score (nSPS) is 17.9. The van der Waals surface area contributed by atoms with Crippen LogP contribution in [0.3, 0.4) is 0 Å². The first kappa shape index (κ1) is 25.0. The summed E-state index contributed by atoms with van der Waals surface area (Å²) in [5.74, 6) is 0.588. The highest BCUT2D eigenvalue weighted by Gasteiger charge is 2.36. The molecule has 1 fully saturated rings. The van der Waals surface area contributed by atoms with Gasteiger partial charge in [-0.3, -0.25) is 0 Å². The number of likely N-dealkylation sites (tertiary alicyclic amines) is 1. The summed E-state index contributed by atoms with van der Waals surface area (Å²) in [6, 6.07) is 5.49. The molecule has 2 aromatic rings. The second-order valence-electron chi connectivity index (χ2n) is 8.12. The molecule has 0 spiro atoms. The number of hydrogen-bond acceptors (Lipinski definition) is 6. The number of nitrogens with one attached hydrogen (secondary N) is 1. The Morgan fingerprint density at radius 2 is 2.00 bits per heavy atom. The SMILES string of the molecule is CCc1nc(-c2ccc(N(C)C)cc2Cl)c(CC)nc1N[C@@H]1CN(C(=O)O)C[C@@H]1OCCF. The molecule has 1 aliphatic heterocycles. The molecule has 1 aliphatic rings. The lowest BCUT2D eigenvalue weighted by Gasteiger charge is -2.22. The summed E-state index contributed by atoms with van der Waals surface area (Å²) < 4.78 is 18.2. The molecular formula is C23H31ClFN5O3.